The number of benzene rings is 2. The van der Waals surface area contributed by atoms with Gasteiger partial charge in [-0.3, -0.25) is 9.97 Å². The number of phenolic OH excluding ortho intramolecular Hbond substituents is 2. The Morgan fingerprint density at radius 3 is 1.03 bits per heavy atom. The van der Waals surface area contributed by atoms with Gasteiger partial charge in [-0.1, -0.05) is 24.3 Å². The molecule has 0 radical (unpaired) electrons. The van der Waals surface area contributed by atoms with Crippen LogP contribution in [0.5, 0.6) is 11.5 Å². The average Bonchev–Trinajstić information content (AvgIpc) is 2.82. The SMILES string of the molecule is N#Cc1ccncc1.N#Cc1ccncc1.Oc1ccc(-c2ccc(O)cc2)cc1. The molecular weight excluding hydrogens is 376 g/mol. The Labute approximate surface area is 174 Å². The summed E-state index contributed by atoms with van der Waals surface area (Å²) < 4.78 is 0. The van der Waals surface area contributed by atoms with E-state index in [0.29, 0.717) is 11.1 Å². The molecule has 4 aromatic rings. The summed E-state index contributed by atoms with van der Waals surface area (Å²) in [6.07, 6.45) is 6.38. The van der Waals surface area contributed by atoms with E-state index in [1.807, 2.05) is 36.4 Å². The highest BCUT2D eigenvalue weighted by Crippen LogP contribution is 2.23. The van der Waals surface area contributed by atoms with Crippen LogP contribution in [0, 0.1) is 22.7 Å². The van der Waals surface area contributed by atoms with E-state index in [1.165, 1.54) is 0 Å². The van der Waals surface area contributed by atoms with Crippen molar-refractivity contribution in [1.82, 2.24) is 9.97 Å². The fraction of sp³-hybridized carbons (Fsp3) is 0. The minimum absolute atomic E-state index is 0.257. The van der Waals surface area contributed by atoms with Crippen LogP contribution in [-0.2, 0) is 0 Å². The zero-order chi connectivity index (χ0) is 21.6. The second-order valence-electron chi connectivity index (χ2n) is 5.79. The summed E-state index contributed by atoms with van der Waals surface area (Å²) in [5, 5.41) is 34.7. The van der Waals surface area contributed by atoms with Crippen LogP contribution < -0.4 is 0 Å². The average molecular weight is 394 g/mol. The lowest BCUT2D eigenvalue weighted by molar-refractivity contribution is 0.474. The van der Waals surface area contributed by atoms with Gasteiger partial charge in [0.2, 0.25) is 0 Å². The van der Waals surface area contributed by atoms with E-state index >= 15 is 0 Å². The Bertz CT molecular complexity index is 1010. The lowest BCUT2D eigenvalue weighted by atomic mass is 10.1. The van der Waals surface area contributed by atoms with Crippen molar-refractivity contribution in [3.63, 3.8) is 0 Å². The highest BCUT2D eigenvalue weighted by atomic mass is 16.3. The van der Waals surface area contributed by atoms with Crippen LogP contribution >= 0.6 is 0 Å². The van der Waals surface area contributed by atoms with E-state index in [1.54, 1.807) is 73.3 Å². The Morgan fingerprint density at radius 1 is 0.500 bits per heavy atom. The molecule has 0 spiro atoms. The zero-order valence-corrected chi connectivity index (χ0v) is 15.9. The van der Waals surface area contributed by atoms with Crippen molar-refractivity contribution in [1.29, 1.82) is 10.5 Å². The van der Waals surface area contributed by atoms with Crippen LogP contribution in [-0.4, -0.2) is 20.2 Å². The Balaban J connectivity index is 0.000000172. The van der Waals surface area contributed by atoms with Gasteiger partial charge in [0.25, 0.3) is 0 Å². The maximum absolute atomic E-state index is 9.11. The van der Waals surface area contributed by atoms with Crippen LogP contribution in [0.4, 0.5) is 0 Å². The molecule has 2 aromatic carbocycles. The third kappa shape index (κ3) is 7.51. The van der Waals surface area contributed by atoms with Gasteiger partial charge in [0.05, 0.1) is 23.3 Å². The molecule has 0 saturated heterocycles. The van der Waals surface area contributed by atoms with Gasteiger partial charge in [-0.25, -0.2) is 0 Å². The molecule has 0 unspecified atom stereocenters. The standard InChI is InChI=1S/C12H10O2.2C6H4N2/c13-11-5-1-9(2-6-11)10-3-7-12(14)8-4-10;2*7-5-6-1-3-8-4-2-6/h1-8,13-14H;2*1-4H. The van der Waals surface area contributed by atoms with Crippen molar-refractivity contribution in [2.75, 3.05) is 0 Å². The Kier molecular flexibility index (Phi) is 8.58. The van der Waals surface area contributed by atoms with Crippen molar-refractivity contribution in [2.45, 2.75) is 0 Å². The van der Waals surface area contributed by atoms with Gasteiger partial charge in [0.1, 0.15) is 11.5 Å². The van der Waals surface area contributed by atoms with Gasteiger partial charge in [-0.15, -0.1) is 0 Å². The predicted octanol–water partition coefficient (Wildman–Crippen LogP) is 4.67. The van der Waals surface area contributed by atoms with E-state index in [-0.39, 0.29) is 11.5 Å². The first kappa shape index (κ1) is 21.6. The topological polar surface area (TPSA) is 114 Å². The summed E-state index contributed by atoms with van der Waals surface area (Å²) in [7, 11) is 0. The van der Waals surface area contributed by atoms with E-state index in [2.05, 4.69) is 9.97 Å². The first-order valence-corrected chi connectivity index (χ1v) is 8.81. The molecule has 4 rings (SSSR count). The van der Waals surface area contributed by atoms with Crippen molar-refractivity contribution in [3.8, 4) is 34.8 Å². The van der Waals surface area contributed by atoms with Gasteiger partial charge in [-0.2, -0.15) is 10.5 Å². The van der Waals surface area contributed by atoms with E-state index < -0.39 is 0 Å². The van der Waals surface area contributed by atoms with Crippen LogP contribution in [0.3, 0.4) is 0 Å². The third-order valence-corrected chi connectivity index (χ3v) is 3.69. The summed E-state index contributed by atoms with van der Waals surface area (Å²) in [6, 6.07) is 24.5. The summed E-state index contributed by atoms with van der Waals surface area (Å²) >= 11 is 0. The number of nitrogens with zero attached hydrogens (tertiary/aromatic N) is 4. The minimum Gasteiger partial charge on any atom is -0.508 e. The molecule has 6 nitrogen and oxygen atoms in total. The molecular formula is C24H18N4O2. The predicted molar refractivity (Wildman–Crippen MR) is 113 cm³/mol. The van der Waals surface area contributed by atoms with Gasteiger partial charge >= 0.3 is 0 Å². The quantitative estimate of drug-likeness (QED) is 0.485. The first-order chi connectivity index (χ1) is 14.6. The van der Waals surface area contributed by atoms with E-state index in [0.717, 1.165) is 11.1 Å². The number of pyridine rings is 2. The molecule has 0 bridgehead atoms. The summed E-state index contributed by atoms with van der Waals surface area (Å²) in [5.41, 5.74) is 3.34. The molecule has 0 aliphatic heterocycles. The first-order valence-electron chi connectivity index (χ1n) is 8.81. The van der Waals surface area contributed by atoms with Gasteiger partial charge < -0.3 is 10.2 Å². The maximum Gasteiger partial charge on any atom is 0.115 e. The lowest BCUT2D eigenvalue weighted by Gasteiger charge is -2.01. The molecule has 30 heavy (non-hydrogen) atoms. The highest BCUT2D eigenvalue weighted by Gasteiger charge is 1.97. The number of rotatable bonds is 1. The molecule has 0 saturated carbocycles. The number of aromatic nitrogens is 2. The largest absolute Gasteiger partial charge is 0.508 e. The van der Waals surface area contributed by atoms with Crippen molar-refractivity contribution in [3.05, 3.63) is 109 Å². The van der Waals surface area contributed by atoms with Crippen LogP contribution in [0.1, 0.15) is 11.1 Å². The molecule has 0 aliphatic carbocycles. The van der Waals surface area contributed by atoms with Gasteiger partial charge in [-0.05, 0) is 59.7 Å². The molecule has 0 fully saturated rings. The monoisotopic (exact) mass is 394 g/mol. The van der Waals surface area contributed by atoms with Crippen LogP contribution in [0.15, 0.2) is 97.6 Å². The molecule has 0 atom stereocenters. The number of aromatic hydroxyl groups is 2. The molecule has 0 aliphatic rings. The lowest BCUT2D eigenvalue weighted by Crippen LogP contribution is -1.75. The number of phenols is 2. The van der Waals surface area contributed by atoms with Crippen molar-refractivity contribution in [2.24, 2.45) is 0 Å². The molecule has 146 valence electrons. The molecule has 2 N–H and O–H groups in total. The Hall–Kier alpha value is -4.68. The highest BCUT2D eigenvalue weighted by molar-refractivity contribution is 5.64. The summed E-state index contributed by atoms with van der Waals surface area (Å²) in [6.45, 7) is 0. The molecule has 0 amide bonds. The van der Waals surface area contributed by atoms with Gasteiger partial charge in [0, 0.05) is 24.8 Å². The fourth-order valence-electron chi connectivity index (χ4n) is 2.16. The third-order valence-electron chi connectivity index (χ3n) is 3.69. The van der Waals surface area contributed by atoms with Crippen molar-refractivity contribution >= 4 is 0 Å². The molecule has 6 heteroatoms. The second kappa shape index (κ2) is 11.9. The normalized spacial score (nSPS) is 8.87. The van der Waals surface area contributed by atoms with Crippen molar-refractivity contribution < 1.29 is 10.2 Å². The van der Waals surface area contributed by atoms with Gasteiger partial charge in [0.15, 0.2) is 0 Å². The van der Waals surface area contributed by atoms with E-state index in [9.17, 15) is 0 Å². The Morgan fingerprint density at radius 2 is 0.800 bits per heavy atom. The number of hydrogen-bond acceptors (Lipinski definition) is 6. The second-order valence-corrected chi connectivity index (χ2v) is 5.79. The maximum atomic E-state index is 9.11. The number of nitriles is 2. The van der Waals surface area contributed by atoms with Crippen LogP contribution in [0.25, 0.3) is 11.1 Å². The fourth-order valence-corrected chi connectivity index (χ4v) is 2.16. The summed E-state index contributed by atoms with van der Waals surface area (Å²) in [4.78, 5) is 7.48. The molecule has 2 aromatic heterocycles. The number of hydrogen-bond donors (Lipinski definition) is 2. The minimum atomic E-state index is 0.257. The van der Waals surface area contributed by atoms with Crippen LogP contribution in [0.2, 0.25) is 0 Å². The smallest absolute Gasteiger partial charge is 0.115 e. The van der Waals surface area contributed by atoms with E-state index in [4.69, 9.17) is 20.7 Å². The zero-order valence-electron chi connectivity index (χ0n) is 15.9. The summed E-state index contributed by atoms with van der Waals surface area (Å²) in [5.74, 6) is 0.514. The molecule has 2 heterocycles.